The van der Waals surface area contributed by atoms with E-state index in [2.05, 4.69) is 49.3 Å². The Bertz CT molecular complexity index is 713. The molecule has 3 rings (SSSR count). The Kier molecular flexibility index (Phi) is 4.84. The van der Waals surface area contributed by atoms with Crippen LogP contribution in [-0.2, 0) is 0 Å². The molecule has 1 amide bonds. The van der Waals surface area contributed by atoms with Gasteiger partial charge in [-0.25, -0.2) is 0 Å². The average Bonchev–Trinajstić information content (AvgIpc) is 2.54. The second kappa shape index (κ2) is 7.04. The Morgan fingerprint density at radius 2 is 1.71 bits per heavy atom. The molecule has 4 nitrogen and oxygen atoms in total. The van der Waals surface area contributed by atoms with Crippen LogP contribution >= 0.6 is 0 Å². The number of rotatable bonds is 3. The maximum absolute atomic E-state index is 12.7. The van der Waals surface area contributed by atoms with Crippen LogP contribution in [-0.4, -0.2) is 28.9 Å². The normalized spacial score (nSPS) is 15.4. The third-order valence-electron chi connectivity index (χ3n) is 4.57. The minimum atomic E-state index is 0.0819. The Morgan fingerprint density at radius 1 is 1.04 bits per heavy atom. The molecule has 1 aromatic heterocycles. The lowest BCUT2D eigenvalue weighted by Gasteiger charge is -2.30. The van der Waals surface area contributed by atoms with E-state index in [1.807, 2.05) is 11.0 Å². The molecule has 1 fully saturated rings. The molecule has 1 aromatic carbocycles. The quantitative estimate of drug-likeness (QED) is 0.915. The molecular formula is C20H25N3O. The number of carbonyl (C=O) groups excluding carboxylic acids is 1. The van der Waals surface area contributed by atoms with Gasteiger partial charge in [0.2, 0.25) is 0 Å². The molecular weight excluding hydrogens is 298 g/mol. The molecule has 0 radical (unpaired) electrons. The molecule has 2 heterocycles. The Labute approximate surface area is 143 Å². The highest BCUT2D eigenvalue weighted by Gasteiger charge is 2.21. The number of pyridine rings is 1. The van der Waals surface area contributed by atoms with Gasteiger partial charge in [-0.2, -0.15) is 0 Å². The van der Waals surface area contributed by atoms with Gasteiger partial charge in [0.25, 0.3) is 5.91 Å². The van der Waals surface area contributed by atoms with Crippen LogP contribution in [0.3, 0.4) is 0 Å². The summed E-state index contributed by atoms with van der Waals surface area (Å²) in [5.74, 6) is 0.795. The van der Waals surface area contributed by atoms with E-state index in [9.17, 15) is 4.79 Å². The number of nitrogens with zero attached hydrogens (tertiary/aromatic N) is 2. The van der Waals surface area contributed by atoms with Crippen molar-refractivity contribution < 1.29 is 4.79 Å². The molecule has 126 valence electrons. The highest BCUT2D eigenvalue weighted by Crippen LogP contribution is 2.22. The number of likely N-dealkylation sites (tertiary alicyclic amines) is 1. The molecule has 2 aromatic rings. The number of aryl methyl sites for hydroxylation is 2. The Hall–Kier alpha value is -2.36. The second-order valence-corrected chi connectivity index (χ2v) is 6.94. The van der Waals surface area contributed by atoms with Gasteiger partial charge in [0, 0.05) is 25.0 Å². The molecule has 1 aliphatic heterocycles. The van der Waals surface area contributed by atoms with E-state index in [1.54, 1.807) is 12.4 Å². The first kappa shape index (κ1) is 16.5. The van der Waals surface area contributed by atoms with Crippen molar-refractivity contribution in [1.29, 1.82) is 0 Å². The van der Waals surface area contributed by atoms with E-state index in [0.29, 0.717) is 11.5 Å². The van der Waals surface area contributed by atoms with Gasteiger partial charge in [0.1, 0.15) is 0 Å². The molecule has 0 bridgehead atoms. The first-order valence-corrected chi connectivity index (χ1v) is 8.61. The van der Waals surface area contributed by atoms with Crippen LogP contribution in [0.1, 0.15) is 41.3 Å². The van der Waals surface area contributed by atoms with Gasteiger partial charge in [-0.1, -0.05) is 13.0 Å². The predicted octanol–water partition coefficient (Wildman–Crippen LogP) is 4.31. The maximum atomic E-state index is 12.7. The molecule has 0 aliphatic carbocycles. The van der Waals surface area contributed by atoms with Crippen LogP contribution < -0.4 is 5.32 Å². The fourth-order valence-corrected chi connectivity index (χ4v) is 3.23. The topological polar surface area (TPSA) is 45.2 Å². The summed E-state index contributed by atoms with van der Waals surface area (Å²) in [4.78, 5) is 18.9. The second-order valence-electron chi connectivity index (χ2n) is 6.94. The van der Waals surface area contributed by atoms with Gasteiger partial charge in [-0.15, -0.1) is 0 Å². The number of piperidine rings is 1. The first-order valence-electron chi connectivity index (χ1n) is 8.61. The molecule has 1 saturated heterocycles. The minimum Gasteiger partial charge on any atom is -0.354 e. The summed E-state index contributed by atoms with van der Waals surface area (Å²) in [6, 6.07) is 8.22. The van der Waals surface area contributed by atoms with Gasteiger partial charge < -0.3 is 10.2 Å². The average molecular weight is 323 g/mol. The van der Waals surface area contributed by atoms with E-state index in [4.69, 9.17) is 0 Å². The summed E-state index contributed by atoms with van der Waals surface area (Å²) in [5, 5.41) is 3.36. The van der Waals surface area contributed by atoms with Crippen molar-refractivity contribution in [3.63, 3.8) is 0 Å². The summed E-state index contributed by atoms with van der Waals surface area (Å²) in [6.07, 6.45) is 5.58. The molecule has 1 N–H and O–H groups in total. The van der Waals surface area contributed by atoms with Gasteiger partial charge in [0.05, 0.1) is 17.4 Å². The number of anilines is 2. The van der Waals surface area contributed by atoms with E-state index >= 15 is 0 Å². The zero-order valence-electron chi connectivity index (χ0n) is 14.7. The number of benzene rings is 1. The van der Waals surface area contributed by atoms with E-state index in [0.717, 1.165) is 37.3 Å². The summed E-state index contributed by atoms with van der Waals surface area (Å²) in [5.41, 5.74) is 4.93. The first-order chi connectivity index (χ1) is 11.5. The summed E-state index contributed by atoms with van der Waals surface area (Å²) in [7, 11) is 0. The Balaban J connectivity index is 1.75. The standard InChI is InChI=1S/C20H25N3O/c1-14-4-6-23(7-5-14)20(24)17-11-19(13-21-12-17)22-18-9-15(2)8-16(3)10-18/h8-14,22H,4-7H2,1-3H3. The van der Waals surface area contributed by atoms with Crippen LogP contribution in [0.5, 0.6) is 0 Å². The number of carbonyl (C=O) groups is 1. The monoisotopic (exact) mass is 323 g/mol. The SMILES string of the molecule is Cc1cc(C)cc(Nc2cncc(C(=O)N3CCC(C)CC3)c2)c1. The lowest BCUT2D eigenvalue weighted by Crippen LogP contribution is -2.37. The van der Waals surface area contributed by atoms with E-state index in [1.165, 1.54) is 11.1 Å². The third-order valence-corrected chi connectivity index (χ3v) is 4.57. The highest BCUT2D eigenvalue weighted by atomic mass is 16.2. The highest BCUT2D eigenvalue weighted by molar-refractivity contribution is 5.95. The summed E-state index contributed by atoms with van der Waals surface area (Å²) in [6.45, 7) is 8.09. The summed E-state index contributed by atoms with van der Waals surface area (Å²) >= 11 is 0. The van der Waals surface area contributed by atoms with Crippen LogP contribution in [0.2, 0.25) is 0 Å². The smallest absolute Gasteiger partial charge is 0.255 e. The third kappa shape index (κ3) is 3.94. The summed E-state index contributed by atoms with van der Waals surface area (Å²) < 4.78 is 0. The van der Waals surface area contributed by atoms with Crippen molar-refractivity contribution >= 4 is 17.3 Å². The van der Waals surface area contributed by atoms with Crippen LogP contribution in [0.4, 0.5) is 11.4 Å². The molecule has 0 saturated carbocycles. The van der Waals surface area contributed by atoms with Gasteiger partial charge in [-0.05, 0) is 61.9 Å². The minimum absolute atomic E-state index is 0.0819. The van der Waals surface area contributed by atoms with Crippen molar-refractivity contribution in [2.75, 3.05) is 18.4 Å². The molecule has 0 unspecified atom stereocenters. The largest absolute Gasteiger partial charge is 0.354 e. The number of hydrogen-bond donors (Lipinski definition) is 1. The van der Waals surface area contributed by atoms with Crippen LogP contribution in [0, 0.1) is 19.8 Å². The van der Waals surface area contributed by atoms with Gasteiger partial charge >= 0.3 is 0 Å². The van der Waals surface area contributed by atoms with Gasteiger partial charge in [0.15, 0.2) is 0 Å². The molecule has 0 spiro atoms. The lowest BCUT2D eigenvalue weighted by atomic mass is 9.99. The molecule has 24 heavy (non-hydrogen) atoms. The number of aromatic nitrogens is 1. The van der Waals surface area contributed by atoms with E-state index < -0.39 is 0 Å². The van der Waals surface area contributed by atoms with Crippen molar-refractivity contribution in [3.8, 4) is 0 Å². The van der Waals surface area contributed by atoms with Crippen molar-refractivity contribution in [2.24, 2.45) is 5.92 Å². The van der Waals surface area contributed by atoms with E-state index in [-0.39, 0.29) is 5.91 Å². The predicted molar refractivity (Wildman–Crippen MR) is 97.7 cm³/mol. The number of amides is 1. The number of nitrogens with one attached hydrogen (secondary N) is 1. The Morgan fingerprint density at radius 3 is 2.38 bits per heavy atom. The fraction of sp³-hybridized carbons (Fsp3) is 0.400. The fourth-order valence-electron chi connectivity index (χ4n) is 3.23. The van der Waals surface area contributed by atoms with Gasteiger partial charge in [-0.3, -0.25) is 9.78 Å². The van der Waals surface area contributed by atoms with Crippen LogP contribution in [0.15, 0.2) is 36.7 Å². The van der Waals surface area contributed by atoms with Crippen molar-refractivity contribution in [1.82, 2.24) is 9.88 Å². The van der Waals surface area contributed by atoms with Crippen LogP contribution in [0.25, 0.3) is 0 Å². The molecule has 4 heteroatoms. The zero-order chi connectivity index (χ0) is 17.1. The maximum Gasteiger partial charge on any atom is 0.255 e. The molecule has 0 atom stereocenters. The lowest BCUT2D eigenvalue weighted by molar-refractivity contribution is 0.0697. The van der Waals surface area contributed by atoms with Crippen molar-refractivity contribution in [3.05, 3.63) is 53.3 Å². The number of hydrogen-bond acceptors (Lipinski definition) is 3. The molecule has 1 aliphatic rings. The zero-order valence-corrected chi connectivity index (χ0v) is 14.7. The van der Waals surface area contributed by atoms with Crippen molar-refractivity contribution in [2.45, 2.75) is 33.6 Å².